The van der Waals surface area contributed by atoms with Crippen molar-refractivity contribution in [3.05, 3.63) is 11.6 Å². The van der Waals surface area contributed by atoms with E-state index in [9.17, 15) is 0 Å². The van der Waals surface area contributed by atoms with E-state index in [1.807, 2.05) is 19.1 Å². The van der Waals surface area contributed by atoms with Gasteiger partial charge in [0, 0.05) is 14.1 Å². The first kappa shape index (κ1) is 12.2. The number of hydrazone groups is 1. The first-order chi connectivity index (χ1) is 5.99. The Morgan fingerprint density at radius 2 is 1.92 bits per heavy atom. The molecule has 0 spiro atoms. The molecule has 0 aliphatic carbocycles. The van der Waals surface area contributed by atoms with E-state index in [0.717, 1.165) is 12.1 Å². The van der Waals surface area contributed by atoms with Gasteiger partial charge in [-0.2, -0.15) is 5.10 Å². The average Bonchev–Trinajstić information content (AvgIpc) is 1.97. The maximum absolute atomic E-state index is 4.40. The highest BCUT2D eigenvalue weighted by atomic mass is 15.4. The Bertz CT molecular complexity index is 200. The zero-order valence-electron chi connectivity index (χ0n) is 9.76. The Morgan fingerprint density at radius 3 is 2.23 bits per heavy atom. The lowest BCUT2D eigenvalue weighted by Crippen LogP contribution is -2.11. The van der Waals surface area contributed by atoms with E-state index in [0.29, 0.717) is 5.92 Å². The Kier molecular flexibility index (Phi) is 5.44. The van der Waals surface area contributed by atoms with Crippen molar-refractivity contribution in [3.63, 3.8) is 0 Å². The van der Waals surface area contributed by atoms with Gasteiger partial charge in [-0.25, -0.2) is 0 Å². The smallest absolute Gasteiger partial charge is 0.0605 e. The van der Waals surface area contributed by atoms with Gasteiger partial charge in [0.25, 0.3) is 0 Å². The van der Waals surface area contributed by atoms with Crippen LogP contribution in [0.25, 0.3) is 0 Å². The quantitative estimate of drug-likeness (QED) is 0.482. The summed E-state index contributed by atoms with van der Waals surface area (Å²) in [4.78, 5) is 0. The summed E-state index contributed by atoms with van der Waals surface area (Å²) >= 11 is 0. The second-order valence-electron chi connectivity index (χ2n) is 3.76. The summed E-state index contributed by atoms with van der Waals surface area (Å²) in [6.07, 6.45) is 3.33. The molecule has 0 saturated carbocycles. The van der Waals surface area contributed by atoms with Crippen molar-refractivity contribution >= 4 is 5.71 Å². The fraction of sp³-hybridized carbons (Fsp3) is 0.727. The van der Waals surface area contributed by atoms with Crippen LogP contribution in [0.1, 0.15) is 34.1 Å². The molecule has 0 rings (SSSR count). The molecule has 0 N–H and O–H groups in total. The van der Waals surface area contributed by atoms with E-state index in [1.165, 1.54) is 5.57 Å². The van der Waals surface area contributed by atoms with E-state index >= 15 is 0 Å². The molecule has 0 aliphatic rings. The summed E-state index contributed by atoms with van der Waals surface area (Å²) in [5.74, 6) is 0.559. The van der Waals surface area contributed by atoms with Gasteiger partial charge >= 0.3 is 0 Å². The highest BCUT2D eigenvalue weighted by Gasteiger charge is 2.06. The molecule has 2 nitrogen and oxygen atoms in total. The van der Waals surface area contributed by atoms with E-state index in [-0.39, 0.29) is 0 Å². The Labute approximate surface area is 82.3 Å². The van der Waals surface area contributed by atoms with E-state index in [1.54, 1.807) is 0 Å². The standard InChI is InChI=1S/C11H22N2/c1-7-8-11(9(2)3)10(4)12-13(5)6/h8-9H,7H2,1-6H3/b11-8-,12-10-. The first-order valence-corrected chi connectivity index (χ1v) is 4.92. The van der Waals surface area contributed by atoms with Crippen molar-refractivity contribution in [1.82, 2.24) is 5.01 Å². The second kappa shape index (κ2) is 5.79. The molecule has 0 bridgehead atoms. The fourth-order valence-corrected chi connectivity index (χ4v) is 1.38. The molecule has 0 aromatic rings. The van der Waals surface area contributed by atoms with Crippen molar-refractivity contribution < 1.29 is 0 Å². The highest BCUT2D eigenvalue weighted by Crippen LogP contribution is 2.12. The number of allylic oxidation sites excluding steroid dienone is 2. The second-order valence-corrected chi connectivity index (χ2v) is 3.76. The maximum Gasteiger partial charge on any atom is 0.0605 e. The van der Waals surface area contributed by atoms with Crippen LogP contribution in [0.2, 0.25) is 0 Å². The predicted octanol–water partition coefficient (Wildman–Crippen LogP) is 2.92. The summed E-state index contributed by atoms with van der Waals surface area (Å²) in [6.45, 7) is 8.64. The van der Waals surface area contributed by atoms with Crippen LogP contribution in [0.5, 0.6) is 0 Å². The lowest BCUT2D eigenvalue weighted by atomic mass is 9.98. The molecule has 0 heterocycles. The van der Waals surface area contributed by atoms with Crippen LogP contribution in [0, 0.1) is 5.92 Å². The summed E-state index contributed by atoms with van der Waals surface area (Å²) in [7, 11) is 3.90. The molecular weight excluding hydrogens is 160 g/mol. The van der Waals surface area contributed by atoms with Gasteiger partial charge in [-0.1, -0.05) is 26.8 Å². The van der Waals surface area contributed by atoms with E-state index in [4.69, 9.17) is 0 Å². The highest BCUT2D eigenvalue weighted by molar-refractivity contribution is 5.98. The lowest BCUT2D eigenvalue weighted by Gasteiger charge is -2.13. The van der Waals surface area contributed by atoms with Crippen LogP contribution < -0.4 is 0 Å². The van der Waals surface area contributed by atoms with Gasteiger partial charge < -0.3 is 5.01 Å². The van der Waals surface area contributed by atoms with Crippen molar-refractivity contribution in [1.29, 1.82) is 0 Å². The largest absolute Gasteiger partial charge is 0.303 e. The zero-order valence-corrected chi connectivity index (χ0v) is 9.76. The van der Waals surface area contributed by atoms with Gasteiger partial charge in [-0.05, 0) is 24.8 Å². The molecule has 13 heavy (non-hydrogen) atoms. The topological polar surface area (TPSA) is 15.6 Å². The van der Waals surface area contributed by atoms with E-state index in [2.05, 4.69) is 38.9 Å². The normalized spacial score (nSPS) is 13.8. The van der Waals surface area contributed by atoms with Gasteiger partial charge in [-0.3, -0.25) is 0 Å². The molecule has 0 amide bonds. The minimum Gasteiger partial charge on any atom is -0.303 e. The summed E-state index contributed by atoms with van der Waals surface area (Å²) < 4.78 is 0. The first-order valence-electron chi connectivity index (χ1n) is 4.92. The van der Waals surface area contributed by atoms with Crippen molar-refractivity contribution in [2.24, 2.45) is 11.0 Å². The van der Waals surface area contributed by atoms with Crippen LogP contribution in [-0.4, -0.2) is 24.8 Å². The molecule has 0 radical (unpaired) electrons. The average molecular weight is 182 g/mol. The molecule has 0 aliphatic heterocycles. The molecule has 0 unspecified atom stereocenters. The Hall–Kier alpha value is -0.790. The molecule has 0 atom stereocenters. The predicted molar refractivity (Wildman–Crippen MR) is 60.0 cm³/mol. The molecule has 2 heteroatoms. The number of rotatable bonds is 4. The maximum atomic E-state index is 4.40. The van der Waals surface area contributed by atoms with Gasteiger partial charge in [-0.15, -0.1) is 0 Å². The monoisotopic (exact) mass is 182 g/mol. The van der Waals surface area contributed by atoms with Gasteiger partial charge in [0.2, 0.25) is 0 Å². The van der Waals surface area contributed by atoms with Crippen LogP contribution in [-0.2, 0) is 0 Å². The van der Waals surface area contributed by atoms with Crippen LogP contribution in [0.15, 0.2) is 16.8 Å². The molecule has 76 valence electrons. The Morgan fingerprint density at radius 1 is 1.38 bits per heavy atom. The minimum absolute atomic E-state index is 0.559. The molecular formula is C11H22N2. The summed E-state index contributed by atoms with van der Waals surface area (Å²) in [5, 5.41) is 6.25. The third-order valence-electron chi connectivity index (χ3n) is 1.81. The van der Waals surface area contributed by atoms with Crippen molar-refractivity contribution in [2.75, 3.05) is 14.1 Å². The Balaban J connectivity index is 4.66. The van der Waals surface area contributed by atoms with Crippen LogP contribution in [0.3, 0.4) is 0 Å². The third kappa shape index (κ3) is 4.71. The van der Waals surface area contributed by atoms with Crippen LogP contribution >= 0.6 is 0 Å². The fourth-order valence-electron chi connectivity index (χ4n) is 1.38. The summed E-state index contributed by atoms with van der Waals surface area (Å²) in [5.41, 5.74) is 2.48. The van der Waals surface area contributed by atoms with Gasteiger partial charge in [0.1, 0.15) is 0 Å². The van der Waals surface area contributed by atoms with E-state index < -0.39 is 0 Å². The SMILES string of the molecule is CC/C=C(\C(C)=N/N(C)C)C(C)C. The molecule has 0 aromatic heterocycles. The number of hydrogen-bond donors (Lipinski definition) is 0. The van der Waals surface area contributed by atoms with Crippen molar-refractivity contribution in [3.8, 4) is 0 Å². The van der Waals surface area contributed by atoms with Gasteiger partial charge in [0.15, 0.2) is 0 Å². The third-order valence-corrected chi connectivity index (χ3v) is 1.81. The molecule has 0 saturated heterocycles. The van der Waals surface area contributed by atoms with Crippen LogP contribution in [0.4, 0.5) is 0 Å². The molecule has 0 fully saturated rings. The lowest BCUT2D eigenvalue weighted by molar-refractivity contribution is 0.437. The van der Waals surface area contributed by atoms with Gasteiger partial charge in [0.05, 0.1) is 5.71 Å². The number of hydrogen-bond acceptors (Lipinski definition) is 2. The summed E-state index contributed by atoms with van der Waals surface area (Å²) in [6, 6.07) is 0. The number of nitrogens with zero attached hydrogens (tertiary/aromatic N) is 2. The van der Waals surface area contributed by atoms with Crippen molar-refractivity contribution in [2.45, 2.75) is 34.1 Å². The zero-order chi connectivity index (χ0) is 10.4. The minimum atomic E-state index is 0.559. The molecule has 0 aromatic carbocycles.